The molecular formula is C13H17O2. The first-order valence-corrected chi connectivity index (χ1v) is 5.76. The summed E-state index contributed by atoms with van der Waals surface area (Å²) in [5.41, 5.74) is 1.19. The SMILES string of the molecule is CCCCCC1Cc2ccc([O])cc2O1. The van der Waals surface area contributed by atoms with Gasteiger partial charge >= 0.3 is 0 Å². The molecule has 1 heterocycles. The number of benzene rings is 1. The Labute approximate surface area is 90.9 Å². The highest BCUT2D eigenvalue weighted by Crippen LogP contribution is 2.33. The van der Waals surface area contributed by atoms with E-state index in [0.29, 0.717) is 6.10 Å². The molecule has 0 aromatic heterocycles. The first-order chi connectivity index (χ1) is 7.29. The van der Waals surface area contributed by atoms with Crippen LogP contribution in [0.3, 0.4) is 0 Å². The lowest BCUT2D eigenvalue weighted by Gasteiger charge is -2.09. The van der Waals surface area contributed by atoms with Crippen molar-refractivity contribution in [2.75, 3.05) is 0 Å². The maximum atomic E-state index is 11.1. The second-order valence-corrected chi connectivity index (χ2v) is 4.21. The number of fused-ring (bicyclic) bond motifs is 1. The molecule has 81 valence electrons. The van der Waals surface area contributed by atoms with E-state index in [9.17, 15) is 5.11 Å². The molecule has 2 nitrogen and oxygen atoms in total. The first kappa shape index (κ1) is 10.3. The van der Waals surface area contributed by atoms with Crippen molar-refractivity contribution in [3.63, 3.8) is 0 Å². The molecule has 1 aliphatic rings. The molecule has 0 bridgehead atoms. The fraction of sp³-hybridized carbons (Fsp3) is 0.538. The summed E-state index contributed by atoms with van der Waals surface area (Å²) in [4.78, 5) is 0. The van der Waals surface area contributed by atoms with Gasteiger partial charge in [-0.1, -0.05) is 25.8 Å². The Morgan fingerprint density at radius 3 is 3.07 bits per heavy atom. The molecule has 2 rings (SSSR count). The predicted octanol–water partition coefficient (Wildman–Crippen LogP) is 3.71. The molecule has 0 saturated heterocycles. The second kappa shape index (κ2) is 4.56. The third kappa shape index (κ3) is 2.44. The Bertz CT molecular complexity index is 333. The summed E-state index contributed by atoms with van der Waals surface area (Å²) >= 11 is 0. The fourth-order valence-corrected chi connectivity index (χ4v) is 2.06. The normalized spacial score (nSPS) is 18.6. The highest BCUT2D eigenvalue weighted by molar-refractivity contribution is 5.42. The maximum absolute atomic E-state index is 11.1. The smallest absolute Gasteiger partial charge is 0.182 e. The predicted molar refractivity (Wildman–Crippen MR) is 58.8 cm³/mol. The fourth-order valence-electron chi connectivity index (χ4n) is 2.06. The summed E-state index contributed by atoms with van der Waals surface area (Å²) in [6, 6.07) is 5.13. The van der Waals surface area contributed by atoms with Gasteiger partial charge in [-0.2, -0.15) is 0 Å². The van der Waals surface area contributed by atoms with Gasteiger partial charge in [-0.15, -0.1) is 0 Å². The molecule has 0 saturated carbocycles. The van der Waals surface area contributed by atoms with Crippen molar-refractivity contribution >= 4 is 0 Å². The van der Waals surface area contributed by atoms with Crippen LogP contribution in [0, 0.1) is 0 Å². The van der Waals surface area contributed by atoms with Gasteiger partial charge in [0.25, 0.3) is 0 Å². The zero-order chi connectivity index (χ0) is 10.7. The van der Waals surface area contributed by atoms with E-state index in [2.05, 4.69) is 6.92 Å². The largest absolute Gasteiger partial charge is 0.490 e. The Hall–Kier alpha value is -1.18. The van der Waals surface area contributed by atoms with Crippen molar-refractivity contribution < 1.29 is 9.84 Å². The Morgan fingerprint density at radius 2 is 2.27 bits per heavy atom. The minimum Gasteiger partial charge on any atom is -0.490 e. The van der Waals surface area contributed by atoms with Crippen molar-refractivity contribution in [1.29, 1.82) is 0 Å². The highest BCUT2D eigenvalue weighted by Gasteiger charge is 2.22. The zero-order valence-electron chi connectivity index (χ0n) is 9.16. The van der Waals surface area contributed by atoms with Crippen LogP contribution in [0.25, 0.3) is 0 Å². The van der Waals surface area contributed by atoms with E-state index >= 15 is 0 Å². The van der Waals surface area contributed by atoms with Gasteiger partial charge in [-0.25, -0.2) is 0 Å². The van der Waals surface area contributed by atoms with Crippen LogP contribution >= 0.6 is 0 Å². The molecule has 1 atom stereocenters. The molecule has 0 N–H and O–H groups in total. The number of hydrogen-bond donors (Lipinski definition) is 0. The van der Waals surface area contributed by atoms with E-state index in [1.165, 1.54) is 24.8 Å². The molecular weight excluding hydrogens is 188 g/mol. The van der Waals surface area contributed by atoms with Crippen molar-refractivity contribution in [3.8, 4) is 11.5 Å². The van der Waals surface area contributed by atoms with Crippen LogP contribution in [-0.4, -0.2) is 6.10 Å². The molecule has 1 aromatic carbocycles. The van der Waals surface area contributed by atoms with Crippen LogP contribution in [0.4, 0.5) is 0 Å². The van der Waals surface area contributed by atoms with E-state index in [1.54, 1.807) is 12.1 Å². The van der Waals surface area contributed by atoms with E-state index in [4.69, 9.17) is 4.74 Å². The molecule has 2 heteroatoms. The van der Waals surface area contributed by atoms with Crippen LogP contribution < -0.4 is 4.74 Å². The average Bonchev–Trinajstić information content (AvgIpc) is 2.60. The van der Waals surface area contributed by atoms with Gasteiger partial charge < -0.3 is 4.74 Å². The minimum atomic E-state index is 0.0444. The van der Waals surface area contributed by atoms with E-state index in [1.807, 2.05) is 6.07 Å². The first-order valence-electron chi connectivity index (χ1n) is 5.76. The summed E-state index contributed by atoms with van der Waals surface area (Å²) in [5, 5.41) is 11.1. The van der Waals surface area contributed by atoms with Crippen LogP contribution in [-0.2, 0) is 11.5 Å². The number of unbranched alkanes of at least 4 members (excludes halogenated alkanes) is 2. The van der Waals surface area contributed by atoms with Gasteiger partial charge in [0.2, 0.25) is 0 Å². The average molecular weight is 205 g/mol. The van der Waals surface area contributed by atoms with Gasteiger partial charge in [-0.05, 0) is 24.5 Å². The van der Waals surface area contributed by atoms with E-state index in [0.717, 1.165) is 18.6 Å². The van der Waals surface area contributed by atoms with Gasteiger partial charge in [0, 0.05) is 12.5 Å². The molecule has 0 spiro atoms. The minimum absolute atomic E-state index is 0.0444. The van der Waals surface area contributed by atoms with Crippen LogP contribution in [0.5, 0.6) is 11.5 Å². The van der Waals surface area contributed by atoms with Crippen molar-refractivity contribution in [3.05, 3.63) is 23.8 Å². The third-order valence-corrected chi connectivity index (χ3v) is 2.91. The molecule has 1 radical (unpaired) electrons. The van der Waals surface area contributed by atoms with E-state index < -0.39 is 0 Å². The number of hydrogen-bond acceptors (Lipinski definition) is 1. The van der Waals surface area contributed by atoms with Gasteiger partial charge in [0.15, 0.2) is 5.75 Å². The molecule has 0 amide bonds. The number of rotatable bonds is 4. The second-order valence-electron chi connectivity index (χ2n) is 4.21. The lowest BCUT2D eigenvalue weighted by atomic mass is 10.1. The summed E-state index contributed by atoms with van der Waals surface area (Å²) in [5.74, 6) is 0.854. The lowest BCUT2D eigenvalue weighted by Crippen LogP contribution is -2.12. The molecule has 0 fully saturated rings. The lowest BCUT2D eigenvalue weighted by molar-refractivity contribution is 0.215. The van der Waals surface area contributed by atoms with Gasteiger partial charge in [0.1, 0.15) is 11.9 Å². The topological polar surface area (TPSA) is 29.1 Å². The monoisotopic (exact) mass is 205 g/mol. The van der Waals surface area contributed by atoms with Gasteiger partial charge in [-0.3, -0.25) is 5.11 Å². The molecule has 1 aliphatic heterocycles. The van der Waals surface area contributed by atoms with Gasteiger partial charge in [0.05, 0.1) is 0 Å². The Morgan fingerprint density at radius 1 is 1.40 bits per heavy atom. The van der Waals surface area contributed by atoms with Crippen LogP contribution in [0.15, 0.2) is 18.2 Å². The summed E-state index contributed by atoms with van der Waals surface area (Å²) < 4.78 is 5.73. The maximum Gasteiger partial charge on any atom is 0.182 e. The standard InChI is InChI=1S/C13H17O2/c1-2-3-4-5-12-8-10-6-7-11(14)9-13(10)15-12/h6-7,9,12H,2-5,8H2,1H3. The Kier molecular flexibility index (Phi) is 3.14. The summed E-state index contributed by atoms with van der Waals surface area (Å²) in [6.07, 6.45) is 6.11. The van der Waals surface area contributed by atoms with Crippen LogP contribution in [0.2, 0.25) is 0 Å². The van der Waals surface area contributed by atoms with Crippen molar-refractivity contribution in [2.24, 2.45) is 0 Å². The highest BCUT2D eigenvalue weighted by atomic mass is 16.5. The Balaban J connectivity index is 1.91. The number of ether oxygens (including phenoxy) is 1. The van der Waals surface area contributed by atoms with Crippen molar-refractivity contribution in [1.82, 2.24) is 0 Å². The zero-order valence-corrected chi connectivity index (χ0v) is 9.16. The summed E-state index contributed by atoms with van der Waals surface area (Å²) in [6.45, 7) is 2.20. The van der Waals surface area contributed by atoms with Crippen LogP contribution in [0.1, 0.15) is 38.2 Å². The quantitative estimate of drug-likeness (QED) is 0.689. The summed E-state index contributed by atoms with van der Waals surface area (Å²) in [7, 11) is 0. The third-order valence-electron chi connectivity index (χ3n) is 2.91. The molecule has 1 aromatic rings. The van der Waals surface area contributed by atoms with Crippen molar-refractivity contribution in [2.45, 2.75) is 45.1 Å². The molecule has 0 aliphatic carbocycles. The van der Waals surface area contributed by atoms with E-state index in [-0.39, 0.29) is 5.75 Å². The molecule has 15 heavy (non-hydrogen) atoms. The molecule has 1 unspecified atom stereocenters.